The minimum Gasteiger partial charge on any atom is -0.335 e. The lowest BCUT2D eigenvalue weighted by molar-refractivity contribution is -0.148. The Bertz CT molecular complexity index is 966. The number of amides is 3. The van der Waals surface area contributed by atoms with Crippen LogP contribution in [0.5, 0.6) is 0 Å². The lowest BCUT2D eigenvalue weighted by Crippen LogP contribution is -2.61. The maximum atomic E-state index is 13.4. The fraction of sp³-hybridized carbons (Fsp3) is 0.440. The highest BCUT2D eigenvalue weighted by Crippen LogP contribution is 2.43. The molecule has 0 aliphatic carbocycles. The molecule has 5 rings (SSSR count). The lowest BCUT2D eigenvalue weighted by Gasteiger charge is -2.51. The van der Waals surface area contributed by atoms with E-state index in [2.05, 4.69) is 34.5 Å². The molecule has 162 valence electrons. The van der Waals surface area contributed by atoms with Crippen LogP contribution >= 0.6 is 11.6 Å². The zero-order valence-electron chi connectivity index (χ0n) is 17.5. The molecule has 2 fully saturated rings. The van der Waals surface area contributed by atoms with Crippen molar-refractivity contribution in [2.75, 3.05) is 19.0 Å². The van der Waals surface area contributed by atoms with E-state index < -0.39 is 0 Å². The SMILES string of the molecule is O=C(N[C@@H](CCl)c1ccccc1)N1CCC[C@H]2C(=O)N3CCc4ccccc4[C@@H]3C[C@H]21. The van der Waals surface area contributed by atoms with Gasteiger partial charge in [-0.15, -0.1) is 11.6 Å². The molecule has 0 saturated carbocycles. The summed E-state index contributed by atoms with van der Waals surface area (Å²) in [7, 11) is 0. The molecule has 2 aromatic rings. The number of hydrogen-bond acceptors (Lipinski definition) is 2. The number of nitrogens with zero attached hydrogens (tertiary/aromatic N) is 2. The van der Waals surface area contributed by atoms with Crippen LogP contribution in [0.4, 0.5) is 4.79 Å². The summed E-state index contributed by atoms with van der Waals surface area (Å²) in [5.74, 6) is 0.415. The zero-order chi connectivity index (χ0) is 21.4. The maximum Gasteiger partial charge on any atom is 0.318 e. The summed E-state index contributed by atoms with van der Waals surface area (Å²) in [6.45, 7) is 1.46. The van der Waals surface area contributed by atoms with E-state index in [4.69, 9.17) is 11.6 Å². The van der Waals surface area contributed by atoms with Crippen LogP contribution in [0.15, 0.2) is 54.6 Å². The van der Waals surface area contributed by atoms with Gasteiger partial charge in [-0.3, -0.25) is 4.79 Å². The topological polar surface area (TPSA) is 52.7 Å². The Labute approximate surface area is 188 Å². The number of piperidine rings is 2. The van der Waals surface area contributed by atoms with Gasteiger partial charge in [-0.05, 0) is 42.4 Å². The summed E-state index contributed by atoms with van der Waals surface area (Å²) in [6, 6.07) is 17.9. The lowest BCUT2D eigenvalue weighted by atomic mass is 9.76. The number of hydrogen-bond donors (Lipinski definition) is 1. The summed E-state index contributed by atoms with van der Waals surface area (Å²) >= 11 is 6.20. The van der Waals surface area contributed by atoms with Crippen molar-refractivity contribution in [3.63, 3.8) is 0 Å². The molecular formula is C25H28ClN3O2. The number of carbonyl (C=O) groups is 2. The van der Waals surface area contributed by atoms with Gasteiger partial charge < -0.3 is 15.1 Å². The van der Waals surface area contributed by atoms with Crippen LogP contribution in [0.25, 0.3) is 0 Å². The summed E-state index contributed by atoms with van der Waals surface area (Å²) in [6.07, 6.45) is 3.42. The van der Waals surface area contributed by atoms with E-state index in [-0.39, 0.29) is 36.0 Å². The first-order chi connectivity index (χ1) is 15.2. The molecule has 3 aliphatic rings. The summed E-state index contributed by atoms with van der Waals surface area (Å²) in [4.78, 5) is 30.7. The molecule has 0 aromatic heterocycles. The number of urea groups is 1. The van der Waals surface area contributed by atoms with Crippen LogP contribution in [0.2, 0.25) is 0 Å². The average molecular weight is 438 g/mol. The smallest absolute Gasteiger partial charge is 0.318 e. The third kappa shape index (κ3) is 3.69. The summed E-state index contributed by atoms with van der Waals surface area (Å²) < 4.78 is 0. The first kappa shape index (κ1) is 20.4. The van der Waals surface area contributed by atoms with E-state index in [1.165, 1.54) is 11.1 Å². The Kier molecular flexibility index (Phi) is 5.61. The highest BCUT2D eigenvalue weighted by molar-refractivity contribution is 6.18. The molecule has 3 aliphatic heterocycles. The van der Waals surface area contributed by atoms with Gasteiger partial charge in [0, 0.05) is 25.0 Å². The maximum absolute atomic E-state index is 13.4. The Morgan fingerprint density at radius 3 is 2.68 bits per heavy atom. The molecule has 1 N–H and O–H groups in total. The molecule has 2 aromatic carbocycles. The van der Waals surface area contributed by atoms with Crippen molar-refractivity contribution in [1.29, 1.82) is 0 Å². The van der Waals surface area contributed by atoms with Crippen molar-refractivity contribution in [1.82, 2.24) is 15.1 Å². The molecule has 0 spiro atoms. The van der Waals surface area contributed by atoms with Crippen molar-refractivity contribution in [3.8, 4) is 0 Å². The first-order valence-electron chi connectivity index (χ1n) is 11.2. The van der Waals surface area contributed by atoms with E-state index >= 15 is 0 Å². The number of alkyl halides is 1. The predicted octanol–water partition coefficient (Wildman–Crippen LogP) is 4.29. The second kappa shape index (κ2) is 8.54. The Balaban J connectivity index is 1.39. The van der Waals surface area contributed by atoms with Gasteiger partial charge in [-0.1, -0.05) is 54.6 Å². The monoisotopic (exact) mass is 437 g/mol. The van der Waals surface area contributed by atoms with E-state index in [0.29, 0.717) is 12.4 Å². The van der Waals surface area contributed by atoms with Crippen LogP contribution < -0.4 is 5.32 Å². The number of benzene rings is 2. The minimum atomic E-state index is -0.248. The molecule has 6 heteroatoms. The quantitative estimate of drug-likeness (QED) is 0.728. The van der Waals surface area contributed by atoms with Crippen LogP contribution in [0.3, 0.4) is 0 Å². The second-order valence-corrected chi connectivity index (χ2v) is 9.12. The fourth-order valence-corrected chi connectivity index (χ4v) is 5.88. The van der Waals surface area contributed by atoms with Crippen molar-refractivity contribution in [2.45, 2.75) is 43.8 Å². The minimum absolute atomic E-state index is 0.0602. The van der Waals surface area contributed by atoms with E-state index in [0.717, 1.165) is 37.8 Å². The van der Waals surface area contributed by atoms with Gasteiger partial charge in [-0.25, -0.2) is 4.79 Å². The molecule has 3 amide bonds. The average Bonchev–Trinajstić information content (AvgIpc) is 2.82. The van der Waals surface area contributed by atoms with Gasteiger partial charge in [0.2, 0.25) is 5.91 Å². The standard InChI is InChI=1S/C25H28ClN3O2/c26-16-21(18-8-2-1-3-9-18)27-25(31)29-13-6-11-20-23(29)15-22-19-10-5-4-7-17(19)12-14-28(22)24(20)30/h1-5,7-10,20-23H,6,11-16H2,(H,27,31)/t20-,21+,22+,23-/m1/s1. The third-order valence-corrected chi connectivity index (χ3v) is 7.48. The van der Waals surface area contributed by atoms with Crippen molar-refractivity contribution in [2.24, 2.45) is 5.92 Å². The normalized spacial score (nSPS) is 25.8. The van der Waals surface area contributed by atoms with Crippen molar-refractivity contribution in [3.05, 3.63) is 71.3 Å². The predicted molar refractivity (Wildman–Crippen MR) is 121 cm³/mol. The largest absolute Gasteiger partial charge is 0.335 e. The molecule has 5 nitrogen and oxygen atoms in total. The number of fused-ring (bicyclic) bond motifs is 4. The third-order valence-electron chi connectivity index (χ3n) is 7.17. The van der Waals surface area contributed by atoms with Gasteiger partial charge in [0.25, 0.3) is 0 Å². The molecule has 0 unspecified atom stereocenters. The van der Waals surface area contributed by atoms with E-state index in [9.17, 15) is 9.59 Å². The fourth-order valence-electron chi connectivity index (χ4n) is 5.63. The highest BCUT2D eigenvalue weighted by atomic mass is 35.5. The van der Waals surface area contributed by atoms with E-state index in [1.807, 2.05) is 35.2 Å². The molecule has 0 radical (unpaired) electrons. The van der Waals surface area contributed by atoms with Crippen LogP contribution in [0, 0.1) is 5.92 Å². The van der Waals surface area contributed by atoms with Gasteiger partial charge >= 0.3 is 6.03 Å². The van der Waals surface area contributed by atoms with Crippen LogP contribution in [-0.2, 0) is 11.2 Å². The Morgan fingerprint density at radius 1 is 1.10 bits per heavy atom. The number of likely N-dealkylation sites (tertiary alicyclic amines) is 1. The van der Waals surface area contributed by atoms with Crippen molar-refractivity contribution >= 4 is 23.5 Å². The summed E-state index contributed by atoms with van der Waals surface area (Å²) in [5, 5.41) is 3.12. The second-order valence-electron chi connectivity index (χ2n) is 8.81. The highest BCUT2D eigenvalue weighted by Gasteiger charge is 2.48. The Morgan fingerprint density at radius 2 is 1.87 bits per heavy atom. The molecular weight excluding hydrogens is 410 g/mol. The number of nitrogens with one attached hydrogen (secondary N) is 1. The zero-order valence-corrected chi connectivity index (χ0v) is 18.3. The molecule has 3 heterocycles. The molecule has 4 atom stereocenters. The van der Waals surface area contributed by atoms with Gasteiger partial charge in [0.1, 0.15) is 0 Å². The van der Waals surface area contributed by atoms with Crippen molar-refractivity contribution < 1.29 is 9.59 Å². The van der Waals surface area contributed by atoms with Crippen LogP contribution in [-0.4, -0.2) is 46.7 Å². The van der Waals surface area contributed by atoms with Gasteiger partial charge in [0.15, 0.2) is 0 Å². The molecule has 2 saturated heterocycles. The molecule has 31 heavy (non-hydrogen) atoms. The van der Waals surface area contributed by atoms with Gasteiger partial charge in [0.05, 0.1) is 18.0 Å². The number of rotatable bonds is 3. The van der Waals surface area contributed by atoms with Gasteiger partial charge in [-0.2, -0.15) is 0 Å². The first-order valence-corrected chi connectivity index (χ1v) is 11.8. The molecule has 0 bridgehead atoms. The number of carbonyl (C=O) groups excluding carboxylic acids is 2. The number of halogens is 1. The van der Waals surface area contributed by atoms with E-state index in [1.54, 1.807) is 0 Å². The van der Waals surface area contributed by atoms with Crippen LogP contribution in [0.1, 0.15) is 48.0 Å². The summed E-state index contributed by atoms with van der Waals surface area (Å²) in [5.41, 5.74) is 3.56. The Hall–Kier alpha value is -2.53.